The van der Waals surface area contributed by atoms with Crippen molar-refractivity contribution in [1.29, 1.82) is 5.26 Å². The fourth-order valence-electron chi connectivity index (χ4n) is 1.37. The van der Waals surface area contributed by atoms with Gasteiger partial charge in [-0.1, -0.05) is 36.8 Å². The normalized spacial score (nSPS) is 11.4. The summed E-state index contributed by atoms with van der Waals surface area (Å²) in [4.78, 5) is 11.4. The average molecular weight is 231 g/mol. The van der Waals surface area contributed by atoms with Gasteiger partial charge in [-0.15, -0.1) is 0 Å². The summed E-state index contributed by atoms with van der Waals surface area (Å²) in [7, 11) is 0. The predicted molar refractivity (Wildman–Crippen MR) is 66.4 cm³/mol. The van der Waals surface area contributed by atoms with Crippen molar-refractivity contribution in [2.45, 2.75) is 26.3 Å². The largest absolute Gasteiger partial charge is 0.338 e. The van der Waals surface area contributed by atoms with Crippen LogP contribution in [0.25, 0.3) is 0 Å². The lowest BCUT2D eigenvalue weighted by molar-refractivity contribution is 0.239. The minimum atomic E-state index is -0.604. The third-order valence-corrected chi connectivity index (χ3v) is 2.35. The topological polar surface area (TPSA) is 64.9 Å². The molecule has 0 saturated heterocycles. The summed E-state index contributed by atoms with van der Waals surface area (Å²) < 4.78 is 0. The maximum atomic E-state index is 11.4. The summed E-state index contributed by atoms with van der Waals surface area (Å²) in [6.07, 6.45) is 0.870. The molecule has 0 fully saturated rings. The molecule has 0 radical (unpaired) electrons. The van der Waals surface area contributed by atoms with E-state index >= 15 is 0 Å². The second-order valence-electron chi connectivity index (χ2n) is 3.87. The van der Waals surface area contributed by atoms with Gasteiger partial charge in [-0.05, 0) is 18.9 Å². The van der Waals surface area contributed by atoms with Crippen molar-refractivity contribution in [3.05, 3.63) is 35.4 Å². The summed E-state index contributed by atoms with van der Waals surface area (Å²) in [5.74, 6) is 0. The van der Waals surface area contributed by atoms with E-state index in [0.717, 1.165) is 17.5 Å². The maximum absolute atomic E-state index is 11.4. The highest BCUT2D eigenvalue weighted by Gasteiger charge is 2.12. The van der Waals surface area contributed by atoms with E-state index in [0.29, 0.717) is 6.54 Å². The fraction of sp³-hybridized carbons (Fsp3) is 0.385. The number of nitrogens with zero attached hydrogens (tertiary/aromatic N) is 1. The Hall–Kier alpha value is -2.02. The number of nitrogens with one attached hydrogen (secondary N) is 2. The van der Waals surface area contributed by atoms with Crippen molar-refractivity contribution in [2.75, 3.05) is 6.54 Å². The van der Waals surface area contributed by atoms with Crippen LogP contribution in [0.4, 0.5) is 4.79 Å². The van der Waals surface area contributed by atoms with Gasteiger partial charge >= 0.3 is 6.03 Å². The van der Waals surface area contributed by atoms with E-state index in [1.165, 1.54) is 0 Å². The summed E-state index contributed by atoms with van der Waals surface area (Å²) in [5, 5.41) is 14.3. The molecule has 1 rings (SSSR count). The molecule has 2 N–H and O–H groups in total. The van der Waals surface area contributed by atoms with Crippen LogP contribution in [-0.4, -0.2) is 12.6 Å². The molecule has 0 spiro atoms. The molecule has 1 unspecified atom stereocenters. The highest BCUT2D eigenvalue weighted by molar-refractivity contribution is 5.74. The standard InChI is InChI=1S/C13H17N3O/c1-3-8-15-13(17)16-12(9-14)11-6-4-10(2)5-7-11/h4-7,12H,3,8H2,1-2H3,(H2,15,16,17). The number of carbonyl (C=O) groups is 1. The zero-order valence-corrected chi connectivity index (χ0v) is 10.2. The first-order valence-electron chi connectivity index (χ1n) is 5.68. The molecular weight excluding hydrogens is 214 g/mol. The Labute approximate surface area is 102 Å². The lowest BCUT2D eigenvalue weighted by Crippen LogP contribution is -2.37. The van der Waals surface area contributed by atoms with Gasteiger partial charge in [-0.2, -0.15) is 5.26 Å². The number of benzene rings is 1. The smallest absolute Gasteiger partial charge is 0.316 e. The van der Waals surface area contributed by atoms with Crippen molar-refractivity contribution >= 4 is 6.03 Å². The number of aryl methyl sites for hydroxylation is 1. The molecule has 0 aromatic heterocycles. The number of rotatable bonds is 4. The van der Waals surface area contributed by atoms with E-state index in [-0.39, 0.29) is 6.03 Å². The van der Waals surface area contributed by atoms with Crippen molar-refractivity contribution in [2.24, 2.45) is 0 Å². The van der Waals surface area contributed by atoms with Gasteiger partial charge in [0.05, 0.1) is 6.07 Å². The molecule has 0 heterocycles. The molecule has 0 saturated carbocycles. The molecule has 1 aromatic rings. The van der Waals surface area contributed by atoms with E-state index in [1.54, 1.807) is 0 Å². The van der Waals surface area contributed by atoms with Crippen LogP contribution in [0.15, 0.2) is 24.3 Å². The molecule has 4 heteroatoms. The van der Waals surface area contributed by atoms with Crippen LogP contribution in [0.2, 0.25) is 0 Å². The molecule has 1 aromatic carbocycles. The minimum Gasteiger partial charge on any atom is -0.338 e. The first kappa shape index (κ1) is 13.0. The van der Waals surface area contributed by atoms with Gasteiger partial charge in [-0.3, -0.25) is 0 Å². The number of hydrogen-bond acceptors (Lipinski definition) is 2. The lowest BCUT2D eigenvalue weighted by atomic mass is 10.1. The van der Waals surface area contributed by atoms with Gasteiger partial charge in [0.2, 0.25) is 0 Å². The van der Waals surface area contributed by atoms with Crippen molar-refractivity contribution in [3.63, 3.8) is 0 Å². The van der Waals surface area contributed by atoms with Crippen LogP contribution in [0.3, 0.4) is 0 Å². The first-order valence-corrected chi connectivity index (χ1v) is 5.68. The Balaban J connectivity index is 2.63. The predicted octanol–water partition coefficient (Wildman–Crippen LogP) is 2.27. The Morgan fingerprint density at radius 3 is 2.59 bits per heavy atom. The van der Waals surface area contributed by atoms with Crippen LogP contribution >= 0.6 is 0 Å². The van der Waals surface area contributed by atoms with Crippen LogP contribution in [-0.2, 0) is 0 Å². The summed E-state index contributed by atoms with van der Waals surface area (Å²) in [6, 6.07) is 8.71. The van der Waals surface area contributed by atoms with E-state index in [1.807, 2.05) is 38.1 Å². The fourth-order valence-corrected chi connectivity index (χ4v) is 1.37. The second kappa shape index (κ2) is 6.54. The van der Waals surface area contributed by atoms with E-state index < -0.39 is 6.04 Å². The quantitative estimate of drug-likeness (QED) is 0.834. The van der Waals surface area contributed by atoms with Gasteiger partial charge in [0.15, 0.2) is 0 Å². The molecule has 17 heavy (non-hydrogen) atoms. The van der Waals surface area contributed by atoms with Crippen molar-refractivity contribution in [1.82, 2.24) is 10.6 Å². The molecule has 90 valence electrons. The summed E-state index contributed by atoms with van der Waals surface area (Å²) >= 11 is 0. The van der Waals surface area contributed by atoms with Gasteiger partial charge in [0, 0.05) is 6.54 Å². The molecule has 0 aliphatic heterocycles. The third-order valence-electron chi connectivity index (χ3n) is 2.35. The SMILES string of the molecule is CCCNC(=O)NC(C#N)c1ccc(C)cc1. The highest BCUT2D eigenvalue weighted by Crippen LogP contribution is 2.12. The number of nitriles is 1. The zero-order chi connectivity index (χ0) is 12.7. The molecule has 4 nitrogen and oxygen atoms in total. The van der Waals surface area contributed by atoms with E-state index in [4.69, 9.17) is 5.26 Å². The summed E-state index contributed by atoms with van der Waals surface area (Å²) in [6.45, 7) is 4.56. The van der Waals surface area contributed by atoms with Crippen LogP contribution in [0.1, 0.15) is 30.5 Å². The minimum absolute atomic E-state index is 0.307. The second-order valence-corrected chi connectivity index (χ2v) is 3.87. The molecule has 1 atom stereocenters. The maximum Gasteiger partial charge on any atom is 0.316 e. The third kappa shape index (κ3) is 4.15. The van der Waals surface area contributed by atoms with Gasteiger partial charge < -0.3 is 10.6 Å². The zero-order valence-electron chi connectivity index (χ0n) is 10.2. The number of hydrogen-bond donors (Lipinski definition) is 2. The monoisotopic (exact) mass is 231 g/mol. The lowest BCUT2D eigenvalue weighted by Gasteiger charge is -2.12. The van der Waals surface area contributed by atoms with Crippen LogP contribution < -0.4 is 10.6 Å². The molecule has 0 bridgehead atoms. The number of urea groups is 1. The van der Waals surface area contributed by atoms with Crippen LogP contribution in [0.5, 0.6) is 0 Å². The van der Waals surface area contributed by atoms with E-state index in [2.05, 4.69) is 16.7 Å². The van der Waals surface area contributed by atoms with Crippen LogP contribution in [0, 0.1) is 18.3 Å². The molecule has 0 aliphatic carbocycles. The number of amides is 2. The van der Waals surface area contributed by atoms with Gasteiger partial charge in [0.1, 0.15) is 6.04 Å². The average Bonchev–Trinajstić information content (AvgIpc) is 2.34. The van der Waals surface area contributed by atoms with Crippen molar-refractivity contribution in [3.8, 4) is 6.07 Å². The first-order chi connectivity index (χ1) is 8.17. The Kier molecular flexibility index (Phi) is 5.02. The number of carbonyl (C=O) groups excluding carboxylic acids is 1. The molecular formula is C13H17N3O. The van der Waals surface area contributed by atoms with Gasteiger partial charge in [-0.25, -0.2) is 4.79 Å². The Bertz CT molecular complexity index is 406. The van der Waals surface area contributed by atoms with E-state index in [9.17, 15) is 4.79 Å². The highest BCUT2D eigenvalue weighted by atomic mass is 16.2. The molecule has 0 aliphatic rings. The Morgan fingerprint density at radius 1 is 1.41 bits per heavy atom. The van der Waals surface area contributed by atoms with Crippen molar-refractivity contribution < 1.29 is 4.79 Å². The summed E-state index contributed by atoms with van der Waals surface area (Å²) in [5.41, 5.74) is 1.92. The Morgan fingerprint density at radius 2 is 2.06 bits per heavy atom. The molecule has 2 amide bonds. The van der Waals surface area contributed by atoms with Gasteiger partial charge in [0.25, 0.3) is 0 Å².